The van der Waals surface area contributed by atoms with Crippen LogP contribution in [0.5, 0.6) is 0 Å². The average Bonchev–Trinajstić information content (AvgIpc) is 3.28. The Morgan fingerprint density at radius 3 is 2.43 bits per heavy atom. The Morgan fingerprint density at radius 1 is 1.00 bits per heavy atom. The predicted molar refractivity (Wildman–Crippen MR) is 113 cm³/mol. The standard InChI is InChI=1S/C22H14ClNO5S/c1-12-6-9-19(30-12)18(25)11-29-22(28)13-7-8-14-15(10-13)21(27)24(20(14)26)17-5-3-2-4-16(17)23/h2-10H,11H2,1H3. The number of ether oxygens (including phenoxy) is 1. The third-order valence-corrected chi connectivity index (χ3v) is 5.93. The Bertz CT molecular complexity index is 1220. The molecule has 0 saturated carbocycles. The van der Waals surface area contributed by atoms with Crippen LogP contribution in [0.4, 0.5) is 5.69 Å². The highest BCUT2D eigenvalue weighted by Gasteiger charge is 2.38. The number of para-hydroxylation sites is 1. The zero-order chi connectivity index (χ0) is 21.4. The molecule has 2 aromatic carbocycles. The van der Waals surface area contributed by atoms with Crippen molar-refractivity contribution in [2.75, 3.05) is 11.5 Å². The van der Waals surface area contributed by atoms with Crippen molar-refractivity contribution in [2.45, 2.75) is 6.92 Å². The van der Waals surface area contributed by atoms with Gasteiger partial charge >= 0.3 is 5.97 Å². The summed E-state index contributed by atoms with van der Waals surface area (Å²) in [5, 5.41) is 0.258. The lowest BCUT2D eigenvalue weighted by Crippen LogP contribution is -2.29. The van der Waals surface area contributed by atoms with E-state index in [0.717, 1.165) is 9.78 Å². The molecular formula is C22H14ClNO5S. The van der Waals surface area contributed by atoms with Crippen molar-refractivity contribution in [3.05, 3.63) is 86.1 Å². The molecule has 4 rings (SSSR count). The number of ketones is 1. The van der Waals surface area contributed by atoms with Gasteiger partial charge in [0.2, 0.25) is 5.78 Å². The average molecular weight is 440 g/mol. The molecule has 2 heterocycles. The second-order valence-corrected chi connectivity index (χ2v) is 8.26. The van der Waals surface area contributed by atoms with Crippen LogP contribution in [0.1, 0.15) is 45.6 Å². The number of thiophene rings is 1. The molecule has 1 aromatic heterocycles. The molecule has 0 atom stereocenters. The highest BCUT2D eigenvalue weighted by molar-refractivity contribution is 7.14. The van der Waals surface area contributed by atoms with Gasteiger partial charge in [-0.2, -0.15) is 0 Å². The number of carbonyl (C=O) groups is 4. The second-order valence-electron chi connectivity index (χ2n) is 6.57. The molecular weight excluding hydrogens is 426 g/mol. The SMILES string of the molecule is Cc1ccc(C(=O)COC(=O)c2ccc3c(c2)C(=O)N(c2ccccc2Cl)C3=O)s1. The van der Waals surface area contributed by atoms with Gasteiger partial charge in [-0.1, -0.05) is 23.7 Å². The van der Waals surface area contributed by atoms with E-state index >= 15 is 0 Å². The van der Waals surface area contributed by atoms with Gasteiger partial charge in [-0.15, -0.1) is 11.3 Å². The Morgan fingerprint density at radius 2 is 1.73 bits per heavy atom. The molecule has 3 aromatic rings. The van der Waals surface area contributed by atoms with Crippen molar-refractivity contribution in [3.63, 3.8) is 0 Å². The molecule has 0 spiro atoms. The number of aryl methyl sites for hydroxylation is 1. The maximum atomic E-state index is 12.8. The number of imide groups is 1. The van der Waals surface area contributed by atoms with Crippen LogP contribution >= 0.6 is 22.9 Å². The predicted octanol–water partition coefficient (Wildman–Crippen LogP) is 4.55. The van der Waals surface area contributed by atoms with Gasteiger partial charge in [-0.25, -0.2) is 9.69 Å². The molecule has 0 radical (unpaired) electrons. The molecule has 0 unspecified atom stereocenters. The van der Waals surface area contributed by atoms with E-state index in [0.29, 0.717) is 4.88 Å². The first-order chi connectivity index (χ1) is 14.4. The molecule has 1 aliphatic rings. The normalized spacial score (nSPS) is 12.8. The smallest absolute Gasteiger partial charge is 0.338 e. The first-order valence-corrected chi connectivity index (χ1v) is 10.1. The molecule has 1 aliphatic heterocycles. The summed E-state index contributed by atoms with van der Waals surface area (Å²) in [6.07, 6.45) is 0. The summed E-state index contributed by atoms with van der Waals surface area (Å²) < 4.78 is 5.09. The number of amides is 2. The number of fused-ring (bicyclic) bond motifs is 1. The number of hydrogen-bond acceptors (Lipinski definition) is 6. The summed E-state index contributed by atoms with van der Waals surface area (Å²) in [6.45, 7) is 1.47. The minimum absolute atomic E-state index is 0.0751. The van der Waals surface area contributed by atoms with E-state index < -0.39 is 24.4 Å². The fourth-order valence-corrected chi connectivity index (χ4v) is 4.10. The highest BCUT2D eigenvalue weighted by atomic mass is 35.5. The van der Waals surface area contributed by atoms with Crippen LogP contribution in [0.15, 0.2) is 54.6 Å². The zero-order valence-electron chi connectivity index (χ0n) is 15.7. The van der Waals surface area contributed by atoms with Crippen molar-refractivity contribution >= 4 is 52.2 Å². The van der Waals surface area contributed by atoms with E-state index in [4.69, 9.17) is 16.3 Å². The molecule has 30 heavy (non-hydrogen) atoms. The lowest BCUT2D eigenvalue weighted by atomic mass is 10.1. The molecule has 0 bridgehead atoms. The van der Waals surface area contributed by atoms with E-state index in [-0.39, 0.29) is 33.2 Å². The quantitative estimate of drug-likeness (QED) is 0.331. The lowest BCUT2D eigenvalue weighted by molar-refractivity contribution is 0.0475. The summed E-state index contributed by atoms with van der Waals surface area (Å²) in [4.78, 5) is 52.5. The number of rotatable bonds is 5. The molecule has 0 N–H and O–H groups in total. The van der Waals surface area contributed by atoms with Crippen LogP contribution in [0.25, 0.3) is 0 Å². The molecule has 8 heteroatoms. The van der Waals surface area contributed by atoms with Crippen LogP contribution in [0.2, 0.25) is 5.02 Å². The summed E-state index contributed by atoms with van der Waals surface area (Å²) in [5.41, 5.74) is 0.591. The van der Waals surface area contributed by atoms with Gasteiger partial charge in [0.25, 0.3) is 11.8 Å². The van der Waals surface area contributed by atoms with E-state index in [1.54, 1.807) is 30.3 Å². The maximum Gasteiger partial charge on any atom is 0.338 e. The number of halogens is 1. The third kappa shape index (κ3) is 3.53. The van der Waals surface area contributed by atoms with Gasteiger partial charge in [-0.05, 0) is 49.4 Å². The van der Waals surface area contributed by atoms with Crippen LogP contribution in [0, 0.1) is 6.92 Å². The van der Waals surface area contributed by atoms with Crippen LogP contribution < -0.4 is 4.90 Å². The van der Waals surface area contributed by atoms with Crippen molar-refractivity contribution in [1.82, 2.24) is 0 Å². The topological polar surface area (TPSA) is 80.8 Å². The number of esters is 1. The first-order valence-electron chi connectivity index (χ1n) is 8.91. The van der Waals surface area contributed by atoms with Gasteiger partial charge in [-0.3, -0.25) is 14.4 Å². The summed E-state index contributed by atoms with van der Waals surface area (Å²) in [6, 6.07) is 14.1. The molecule has 2 amide bonds. The van der Waals surface area contributed by atoms with Crippen molar-refractivity contribution in [1.29, 1.82) is 0 Å². The fourth-order valence-electron chi connectivity index (χ4n) is 3.09. The number of Topliss-reactive ketones (excluding diaryl/α,β-unsaturated/α-hetero) is 1. The van der Waals surface area contributed by atoms with Gasteiger partial charge < -0.3 is 4.74 Å². The third-order valence-electron chi connectivity index (χ3n) is 4.57. The largest absolute Gasteiger partial charge is 0.454 e. The lowest BCUT2D eigenvalue weighted by Gasteiger charge is -2.15. The minimum atomic E-state index is -0.754. The monoisotopic (exact) mass is 439 g/mol. The molecule has 150 valence electrons. The Labute approximate surface area is 180 Å². The van der Waals surface area contributed by atoms with Crippen LogP contribution in [-0.4, -0.2) is 30.2 Å². The Balaban J connectivity index is 1.53. The first kappa shape index (κ1) is 20.0. The van der Waals surface area contributed by atoms with Crippen molar-refractivity contribution < 1.29 is 23.9 Å². The van der Waals surface area contributed by atoms with Gasteiger partial charge in [0.1, 0.15) is 0 Å². The van der Waals surface area contributed by atoms with Gasteiger partial charge in [0, 0.05) is 4.88 Å². The summed E-state index contributed by atoms with van der Waals surface area (Å²) in [5.74, 6) is -2.16. The van der Waals surface area contributed by atoms with E-state index in [1.807, 2.05) is 13.0 Å². The molecule has 0 aliphatic carbocycles. The minimum Gasteiger partial charge on any atom is -0.454 e. The van der Waals surface area contributed by atoms with E-state index in [2.05, 4.69) is 0 Å². The molecule has 6 nitrogen and oxygen atoms in total. The Hall–Kier alpha value is -3.29. The second kappa shape index (κ2) is 7.85. The number of carbonyl (C=O) groups excluding carboxylic acids is 4. The molecule has 0 saturated heterocycles. The Kier molecular flexibility index (Phi) is 5.24. The van der Waals surface area contributed by atoms with Crippen LogP contribution in [-0.2, 0) is 4.74 Å². The maximum absolute atomic E-state index is 12.8. The number of anilines is 1. The fraction of sp³-hybridized carbons (Fsp3) is 0.0909. The number of nitrogens with zero attached hydrogens (tertiary/aromatic N) is 1. The summed E-state index contributed by atoms with van der Waals surface area (Å²) >= 11 is 7.45. The zero-order valence-corrected chi connectivity index (χ0v) is 17.3. The number of benzene rings is 2. The highest BCUT2D eigenvalue weighted by Crippen LogP contribution is 2.33. The van der Waals surface area contributed by atoms with Gasteiger partial charge in [0.05, 0.1) is 32.3 Å². The van der Waals surface area contributed by atoms with E-state index in [9.17, 15) is 19.2 Å². The van der Waals surface area contributed by atoms with E-state index in [1.165, 1.54) is 29.5 Å². The van der Waals surface area contributed by atoms with Crippen LogP contribution in [0.3, 0.4) is 0 Å². The molecule has 0 fully saturated rings. The van der Waals surface area contributed by atoms with Crippen molar-refractivity contribution in [3.8, 4) is 0 Å². The summed E-state index contributed by atoms with van der Waals surface area (Å²) in [7, 11) is 0. The number of hydrogen-bond donors (Lipinski definition) is 0. The van der Waals surface area contributed by atoms with Crippen molar-refractivity contribution in [2.24, 2.45) is 0 Å². The van der Waals surface area contributed by atoms with Gasteiger partial charge in [0.15, 0.2) is 6.61 Å².